The van der Waals surface area contributed by atoms with Crippen LogP contribution in [0, 0.1) is 0 Å². The first kappa shape index (κ1) is 27.6. The molecule has 1 saturated heterocycles. The second kappa shape index (κ2) is 17.8. The van der Waals surface area contributed by atoms with Crippen LogP contribution < -0.4 is 10.2 Å². The zero-order valence-electron chi connectivity index (χ0n) is 21.1. The number of carbonyl (C=O) groups excluding carboxylic acids is 1. The number of unbranched alkanes of at least 4 members (excludes halogenated alkanes) is 12. The molecule has 1 fully saturated rings. The summed E-state index contributed by atoms with van der Waals surface area (Å²) in [6.07, 6.45) is 18.0. The lowest BCUT2D eigenvalue weighted by Gasteiger charge is -2.34. The summed E-state index contributed by atoms with van der Waals surface area (Å²) in [7, 11) is 0. The Morgan fingerprint density at radius 1 is 0.848 bits per heavy atom. The smallest absolute Gasteiger partial charge is 0.252 e. The Bertz CT molecular complexity index is 615. The lowest BCUT2D eigenvalue weighted by atomic mass is 10.0. The molecule has 1 amide bonds. The number of hydrogen-bond donors (Lipinski definition) is 2. The Kier molecular flexibility index (Phi) is 14.9. The summed E-state index contributed by atoms with van der Waals surface area (Å²) < 4.78 is 0. The summed E-state index contributed by atoms with van der Waals surface area (Å²) in [6.45, 7) is 8.55. The van der Waals surface area contributed by atoms with Crippen LogP contribution in [0.25, 0.3) is 0 Å². The molecule has 0 radical (unpaired) electrons. The van der Waals surface area contributed by atoms with Crippen molar-refractivity contribution in [2.45, 2.75) is 90.4 Å². The predicted molar refractivity (Wildman–Crippen MR) is 138 cm³/mol. The Morgan fingerprint density at radius 2 is 1.39 bits per heavy atom. The zero-order valence-corrected chi connectivity index (χ0v) is 21.1. The van der Waals surface area contributed by atoms with Crippen molar-refractivity contribution in [3.05, 3.63) is 23.9 Å². The van der Waals surface area contributed by atoms with Crippen LogP contribution in [-0.4, -0.2) is 66.8 Å². The molecule has 1 aromatic heterocycles. The maximum absolute atomic E-state index is 12.4. The third-order valence-electron chi connectivity index (χ3n) is 6.77. The molecular formula is C27H48N4O2. The fourth-order valence-corrected chi connectivity index (χ4v) is 4.49. The maximum atomic E-state index is 12.4. The normalized spacial score (nSPS) is 14.5. The van der Waals surface area contributed by atoms with Crippen molar-refractivity contribution < 1.29 is 9.90 Å². The minimum absolute atomic E-state index is 0.0128. The van der Waals surface area contributed by atoms with Gasteiger partial charge in [-0.05, 0) is 31.5 Å². The van der Waals surface area contributed by atoms with Gasteiger partial charge < -0.3 is 20.2 Å². The Morgan fingerprint density at radius 3 is 1.88 bits per heavy atom. The minimum Gasteiger partial charge on any atom is -0.396 e. The highest BCUT2D eigenvalue weighted by molar-refractivity contribution is 5.94. The van der Waals surface area contributed by atoms with Crippen molar-refractivity contribution in [3.63, 3.8) is 0 Å². The van der Waals surface area contributed by atoms with E-state index in [1.807, 2.05) is 12.1 Å². The number of aliphatic hydroxyl groups excluding tert-OH is 1. The van der Waals surface area contributed by atoms with E-state index in [9.17, 15) is 4.79 Å². The number of nitrogens with zero attached hydrogens (tertiary/aromatic N) is 3. The van der Waals surface area contributed by atoms with Gasteiger partial charge in [-0.15, -0.1) is 0 Å². The van der Waals surface area contributed by atoms with E-state index in [0.717, 1.165) is 57.9 Å². The number of carbonyl (C=O) groups is 1. The van der Waals surface area contributed by atoms with E-state index in [0.29, 0.717) is 12.2 Å². The molecule has 2 rings (SSSR count). The number of pyridine rings is 1. The standard InChI is InChI=1S/C27H48N4O2/c1-2-30-19-21-31(22-20-30)26-17-16-25(24-29-26)27(33)28-18-14-12-10-8-6-4-3-5-7-9-11-13-15-23-32/h16-17,24,32H,2-15,18-23H2,1H3,(H,28,33). The lowest BCUT2D eigenvalue weighted by molar-refractivity contribution is 0.0952. The number of aliphatic hydroxyl groups is 1. The van der Waals surface area contributed by atoms with E-state index < -0.39 is 0 Å². The first-order chi connectivity index (χ1) is 16.2. The largest absolute Gasteiger partial charge is 0.396 e. The zero-order chi connectivity index (χ0) is 23.6. The molecule has 0 unspecified atom stereocenters. The van der Waals surface area contributed by atoms with Gasteiger partial charge in [0.05, 0.1) is 5.56 Å². The fraction of sp³-hybridized carbons (Fsp3) is 0.778. The Balaban J connectivity index is 1.43. The number of rotatable bonds is 18. The van der Waals surface area contributed by atoms with Gasteiger partial charge in [0.1, 0.15) is 5.82 Å². The van der Waals surface area contributed by atoms with Crippen molar-refractivity contribution in [1.29, 1.82) is 0 Å². The fourth-order valence-electron chi connectivity index (χ4n) is 4.49. The first-order valence-corrected chi connectivity index (χ1v) is 13.6. The Hall–Kier alpha value is -1.66. The van der Waals surface area contributed by atoms with Gasteiger partial charge in [0.15, 0.2) is 0 Å². The van der Waals surface area contributed by atoms with E-state index in [4.69, 9.17) is 5.11 Å². The van der Waals surface area contributed by atoms with Gasteiger partial charge in [-0.3, -0.25) is 4.79 Å². The molecule has 188 valence electrons. The molecule has 0 atom stereocenters. The van der Waals surface area contributed by atoms with Gasteiger partial charge in [0.2, 0.25) is 0 Å². The average molecular weight is 461 g/mol. The maximum Gasteiger partial charge on any atom is 0.252 e. The molecule has 0 aromatic carbocycles. The Labute approximate surface area is 202 Å². The summed E-state index contributed by atoms with van der Waals surface area (Å²) in [4.78, 5) is 21.6. The van der Waals surface area contributed by atoms with E-state index in [1.165, 1.54) is 70.6 Å². The molecule has 1 aliphatic rings. The first-order valence-electron chi connectivity index (χ1n) is 13.6. The van der Waals surface area contributed by atoms with Crippen molar-refractivity contribution in [2.75, 3.05) is 50.8 Å². The van der Waals surface area contributed by atoms with Gasteiger partial charge in [0, 0.05) is 45.5 Å². The van der Waals surface area contributed by atoms with Crippen molar-refractivity contribution in [2.24, 2.45) is 0 Å². The molecule has 0 saturated carbocycles. The highest BCUT2D eigenvalue weighted by Gasteiger charge is 2.17. The third kappa shape index (κ3) is 11.9. The van der Waals surface area contributed by atoms with Crippen LogP contribution >= 0.6 is 0 Å². The van der Waals surface area contributed by atoms with Gasteiger partial charge in [-0.2, -0.15) is 0 Å². The molecule has 0 bridgehead atoms. The van der Waals surface area contributed by atoms with Gasteiger partial charge >= 0.3 is 0 Å². The second-order valence-electron chi connectivity index (χ2n) is 9.40. The highest BCUT2D eigenvalue weighted by atomic mass is 16.2. The van der Waals surface area contributed by atoms with Gasteiger partial charge in [-0.1, -0.05) is 77.6 Å². The van der Waals surface area contributed by atoms with Crippen molar-refractivity contribution >= 4 is 11.7 Å². The summed E-state index contributed by atoms with van der Waals surface area (Å²) >= 11 is 0. The SMILES string of the molecule is CCN1CCN(c2ccc(C(=O)NCCCCCCCCCCCCCCCO)cn2)CC1. The van der Waals surface area contributed by atoms with E-state index >= 15 is 0 Å². The summed E-state index contributed by atoms with van der Waals surface area (Å²) in [5, 5.41) is 11.8. The monoisotopic (exact) mass is 460 g/mol. The molecule has 33 heavy (non-hydrogen) atoms. The average Bonchev–Trinajstić information content (AvgIpc) is 2.86. The van der Waals surface area contributed by atoms with Crippen LogP contribution in [0.15, 0.2) is 18.3 Å². The molecule has 0 aliphatic carbocycles. The number of likely N-dealkylation sites (N-methyl/N-ethyl adjacent to an activating group) is 1. The van der Waals surface area contributed by atoms with E-state index in [-0.39, 0.29) is 5.91 Å². The molecule has 6 nitrogen and oxygen atoms in total. The summed E-state index contributed by atoms with van der Waals surface area (Å²) in [6, 6.07) is 3.88. The van der Waals surface area contributed by atoms with Crippen LogP contribution in [0.4, 0.5) is 5.82 Å². The lowest BCUT2D eigenvalue weighted by Crippen LogP contribution is -2.46. The number of nitrogens with one attached hydrogen (secondary N) is 1. The molecule has 2 N–H and O–H groups in total. The van der Waals surface area contributed by atoms with Crippen LogP contribution in [0.1, 0.15) is 101 Å². The van der Waals surface area contributed by atoms with Crippen LogP contribution in [0.5, 0.6) is 0 Å². The molecule has 1 aliphatic heterocycles. The second-order valence-corrected chi connectivity index (χ2v) is 9.40. The number of hydrogen-bond acceptors (Lipinski definition) is 5. The number of anilines is 1. The van der Waals surface area contributed by atoms with Crippen LogP contribution in [0.2, 0.25) is 0 Å². The summed E-state index contributed by atoms with van der Waals surface area (Å²) in [5.41, 5.74) is 0.652. The van der Waals surface area contributed by atoms with Crippen molar-refractivity contribution in [3.8, 4) is 0 Å². The quantitative estimate of drug-likeness (QED) is 0.301. The van der Waals surface area contributed by atoms with E-state index in [1.54, 1.807) is 6.20 Å². The van der Waals surface area contributed by atoms with Gasteiger partial charge in [0.25, 0.3) is 5.91 Å². The highest BCUT2D eigenvalue weighted by Crippen LogP contribution is 2.15. The summed E-state index contributed by atoms with van der Waals surface area (Å²) in [5.74, 6) is 0.960. The van der Waals surface area contributed by atoms with Crippen LogP contribution in [-0.2, 0) is 0 Å². The topological polar surface area (TPSA) is 68.7 Å². The molecular weight excluding hydrogens is 412 g/mol. The third-order valence-corrected chi connectivity index (χ3v) is 6.77. The predicted octanol–water partition coefficient (Wildman–Crippen LogP) is 5.02. The van der Waals surface area contributed by atoms with Gasteiger partial charge in [-0.25, -0.2) is 4.98 Å². The molecule has 6 heteroatoms. The molecule has 1 aromatic rings. The number of piperazine rings is 1. The van der Waals surface area contributed by atoms with Crippen molar-refractivity contribution in [1.82, 2.24) is 15.2 Å². The van der Waals surface area contributed by atoms with E-state index in [2.05, 4.69) is 27.0 Å². The number of aromatic nitrogens is 1. The molecule has 0 spiro atoms. The van der Waals surface area contributed by atoms with Crippen LogP contribution in [0.3, 0.4) is 0 Å². The number of amides is 1. The molecule has 2 heterocycles. The minimum atomic E-state index is -0.0128.